The summed E-state index contributed by atoms with van der Waals surface area (Å²) >= 11 is 0. The summed E-state index contributed by atoms with van der Waals surface area (Å²) in [4.78, 5) is 14.9. The van der Waals surface area contributed by atoms with Crippen molar-refractivity contribution in [3.05, 3.63) is 23.4 Å². The molecule has 3 heterocycles. The van der Waals surface area contributed by atoms with Crippen LogP contribution in [0.25, 0.3) is 0 Å². The minimum atomic E-state index is -0.116. The molecule has 0 radical (unpaired) electrons. The largest absolute Gasteiger partial charge is 0.455 e. The number of hydrogen-bond donors (Lipinski definition) is 0. The van der Waals surface area contributed by atoms with Gasteiger partial charge < -0.3 is 14.4 Å². The van der Waals surface area contributed by atoms with Crippen LogP contribution in [0.3, 0.4) is 0 Å². The van der Waals surface area contributed by atoms with Gasteiger partial charge in [-0.25, -0.2) is 4.79 Å². The summed E-state index contributed by atoms with van der Waals surface area (Å²) in [5.41, 5.74) is 2.19. The second-order valence-electron chi connectivity index (χ2n) is 8.14. The molecule has 3 aliphatic heterocycles. The van der Waals surface area contributed by atoms with Crippen molar-refractivity contribution < 1.29 is 14.3 Å². The lowest BCUT2D eigenvalue weighted by Crippen LogP contribution is -2.30. The van der Waals surface area contributed by atoms with Gasteiger partial charge in [0.15, 0.2) is 0 Å². The fourth-order valence-corrected chi connectivity index (χ4v) is 4.55. The van der Waals surface area contributed by atoms with Crippen LogP contribution in [0.15, 0.2) is 23.4 Å². The normalized spacial score (nSPS) is 43.5. The van der Waals surface area contributed by atoms with Crippen LogP contribution in [0.5, 0.6) is 0 Å². The van der Waals surface area contributed by atoms with Gasteiger partial charge in [0.1, 0.15) is 12.2 Å². The number of carbonyl (C=O) groups excluding carboxylic acids is 1. The van der Waals surface area contributed by atoms with E-state index in [1.165, 1.54) is 24.8 Å². The summed E-state index contributed by atoms with van der Waals surface area (Å²) in [7, 11) is 0. The lowest BCUT2D eigenvalue weighted by atomic mass is 9.83. The number of piperidine rings is 1. The van der Waals surface area contributed by atoms with Gasteiger partial charge in [-0.05, 0) is 58.8 Å². The van der Waals surface area contributed by atoms with Crippen molar-refractivity contribution >= 4 is 5.97 Å². The molecule has 0 aromatic rings. The Hall–Kier alpha value is -1.29. The predicted octanol–water partition coefficient (Wildman–Crippen LogP) is 3.58. The van der Waals surface area contributed by atoms with Gasteiger partial charge in [-0.1, -0.05) is 11.6 Å². The number of esters is 1. The number of likely N-dealkylation sites (tertiary alicyclic amines) is 1. The fourth-order valence-electron chi connectivity index (χ4n) is 4.55. The minimum absolute atomic E-state index is 0.0745. The van der Waals surface area contributed by atoms with Crippen molar-refractivity contribution in [2.75, 3.05) is 13.1 Å². The van der Waals surface area contributed by atoms with E-state index in [0.717, 1.165) is 44.3 Å². The lowest BCUT2D eigenvalue weighted by Gasteiger charge is -2.26. The topological polar surface area (TPSA) is 42.1 Å². The molecule has 0 bridgehead atoms. The summed E-state index contributed by atoms with van der Waals surface area (Å²) in [5, 5.41) is 0. The minimum Gasteiger partial charge on any atom is -0.455 e. The number of nitrogens with zero attached hydrogens (tertiary/aromatic N) is 1. The number of fused-ring (bicyclic) bond motifs is 3. The van der Waals surface area contributed by atoms with Crippen molar-refractivity contribution in [2.24, 2.45) is 5.92 Å². The van der Waals surface area contributed by atoms with Gasteiger partial charge in [-0.3, -0.25) is 0 Å². The van der Waals surface area contributed by atoms with E-state index >= 15 is 0 Å². The van der Waals surface area contributed by atoms with E-state index in [0.29, 0.717) is 0 Å². The third-order valence-corrected chi connectivity index (χ3v) is 6.21. The fraction of sp³-hybridized carbons (Fsp3) is 0.750. The highest BCUT2D eigenvalue weighted by atomic mass is 16.6. The van der Waals surface area contributed by atoms with Crippen LogP contribution in [0.1, 0.15) is 58.8 Å². The average Bonchev–Trinajstić information content (AvgIpc) is 3.14. The maximum atomic E-state index is 12.6. The van der Waals surface area contributed by atoms with Gasteiger partial charge >= 0.3 is 5.97 Å². The predicted molar refractivity (Wildman–Crippen MR) is 92.4 cm³/mol. The molecule has 0 spiro atoms. The van der Waals surface area contributed by atoms with Crippen LogP contribution >= 0.6 is 0 Å². The highest BCUT2D eigenvalue weighted by Gasteiger charge is 2.61. The molecule has 3 saturated heterocycles. The number of ether oxygens (including phenoxy) is 2. The molecule has 24 heavy (non-hydrogen) atoms. The van der Waals surface area contributed by atoms with E-state index in [-0.39, 0.29) is 29.7 Å². The Kier molecular flexibility index (Phi) is 4.19. The highest BCUT2D eigenvalue weighted by molar-refractivity contribution is 5.91. The Morgan fingerprint density at radius 2 is 2.08 bits per heavy atom. The van der Waals surface area contributed by atoms with Crippen molar-refractivity contribution in [3.63, 3.8) is 0 Å². The van der Waals surface area contributed by atoms with E-state index in [2.05, 4.69) is 31.0 Å². The van der Waals surface area contributed by atoms with Crippen molar-refractivity contribution in [3.8, 4) is 0 Å². The molecule has 4 atom stereocenters. The van der Waals surface area contributed by atoms with Crippen LogP contribution in [0, 0.1) is 5.92 Å². The Balaban J connectivity index is 1.60. The van der Waals surface area contributed by atoms with Gasteiger partial charge in [0.2, 0.25) is 0 Å². The summed E-state index contributed by atoms with van der Waals surface area (Å²) in [6.45, 7) is 6.49. The van der Waals surface area contributed by atoms with Crippen molar-refractivity contribution in [2.45, 2.75) is 76.6 Å². The first-order chi connectivity index (χ1) is 11.6. The lowest BCUT2D eigenvalue weighted by molar-refractivity contribution is -0.140. The van der Waals surface area contributed by atoms with Crippen molar-refractivity contribution in [1.82, 2.24) is 4.90 Å². The molecule has 0 aromatic heterocycles. The number of hydrogen-bond acceptors (Lipinski definition) is 4. The molecular weight excluding hydrogens is 302 g/mol. The molecule has 4 rings (SSSR count). The molecule has 0 saturated carbocycles. The standard InChI is InChI=1S/C20H29NO3/c1-14-7-6-10-20(2)18(24-20)17-15(9-8-14)16(19(22)23-17)13-21-11-4-3-5-12-21/h7,13,15,17-18H,3-6,8-12H2,1-2H3/b14-7+,16-13-/t15-,17-,18+,20+/m0/s1. The summed E-state index contributed by atoms with van der Waals surface area (Å²) in [5.74, 6) is 0.0574. The monoisotopic (exact) mass is 331 g/mol. The molecule has 1 aliphatic carbocycles. The van der Waals surface area contributed by atoms with Gasteiger partial charge in [0, 0.05) is 25.2 Å². The molecule has 132 valence electrons. The Morgan fingerprint density at radius 1 is 1.29 bits per heavy atom. The first-order valence-corrected chi connectivity index (χ1v) is 9.57. The third-order valence-electron chi connectivity index (χ3n) is 6.21. The van der Waals surface area contributed by atoms with Gasteiger partial charge in [-0.15, -0.1) is 0 Å². The zero-order valence-corrected chi connectivity index (χ0v) is 14.9. The molecular formula is C20H29NO3. The zero-order chi connectivity index (χ0) is 16.7. The molecule has 4 aliphatic rings. The maximum absolute atomic E-state index is 12.6. The van der Waals surface area contributed by atoms with Gasteiger partial charge in [0.25, 0.3) is 0 Å². The van der Waals surface area contributed by atoms with E-state index in [4.69, 9.17) is 9.47 Å². The Bertz CT molecular complexity index is 575. The van der Waals surface area contributed by atoms with Gasteiger partial charge in [-0.2, -0.15) is 0 Å². The smallest absolute Gasteiger partial charge is 0.336 e. The maximum Gasteiger partial charge on any atom is 0.336 e. The van der Waals surface area contributed by atoms with Crippen LogP contribution in [0.2, 0.25) is 0 Å². The van der Waals surface area contributed by atoms with Crippen LogP contribution < -0.4 is 0 Å². The molecule has 0 unspecified atom stereocenters. The number of carbonyl (C=O) groups is 1. The Morgan fingerprint density at radius 3 is 2.88 bits per heavy atom. The van der Waals surface area contributed by atoms with E-state index in [1.807, 2.05) is 0 Å². The highest BCUT2D eigenvalue weighted by Crippen LogP contribution is 2.50. The molecule has 4 heteroatoms. The molecule has 0 N–H and O–H groups in total. The zero-order valence-electron chi connectivity index (χ0n) is 14.9. The Labute approximate surface area is 144 Å². The first-order valence-electron chi connectivity index (χ1n) is 9.57. The van der Waals surface area contributed by atoms with Gasteiger partial charge in [0.05, 0.1) is 11.2 Å². The van der Waals surface area contributed by atoms with E-state index < -0.39 is 0 Å². The third kappa shape index (κ3) is 3.01. The average molecular weight is 331 g/mol. The number of allylic oxidation sites excluding steroid dienone is 2. The second-order valence-corrected chi connectivity index (χ2v) is 8.14. The number of epoxide rings is 1. The number of rotatable bonds is 1. The van der Waals surface area contributed by atoms with E-state index in [1.54, 1.807) is 0 Å². The summed E-state index contributed by atoms with van der Waals surface area (Å²) < 4.78 is 11.9. The summed E-state index contributed by atoms with van der Waals surface area (Å²) in [6.07, 6.45) is 12.3. The summed E-state index contributed by atoms with van der Waals surface area (Å²) in [6, 6.07) is 0. The van der Waals surface area contributed by atoms with Crippen molar-refractivity contribution in [1.29, 1.82) is 0 Å². The quantitative estimate of drug-likeness (QED) is 0.319. The second kappa shape index (κ2) is 6.21. The van der Waals surface area contributed by atoms with Crippen LogP contribution in [0.4, 0.5) is 0 Å². The molecule has 4 nitrogen and oxygen atoms in total. The molecule has 0 aromatic carbocycles. The first kappa shape index (κ1) is 16.2. The molecule has 0 amide bonds. The van der Waals surface area contributed by atoms with Crippen LogP contribution in [-0.2, 0) is 14.3 Å². The van der Waals surface area contributed by atoms with E-state index in [9.17, 15) is 4.79 Å². The molecule has 3 fully saturated rings. The SMILES string of the molecule is C/C1=C\CC[C@@]2(C)O[C@@H]2[C@H]2OC(=O)/C(=C\N3CCCCC3)[C@@H]2CC1. The van der Waals surface area contributed by atoms with Crippen LogP contribution in [-0.4, -0.2) is 41.8 Å².